The fourth-order valence-corrected chi connectivity index (χ4v) is 1.04. The molecule has 1 rings (SSSR count). The van der Waals surface area contributed by atoms with Gasteiger partial charge < -0.3 is 5.32 Å². The van der Waals surface area contributed by atoms with E-state index in [1.54, 1.807) is 0 Å². The molecular formula is C9H17N3. The van der Waals surface area contributed by atoms with Crippen molar-refractivity contribution < 1.29 is 0 Å². The first-order chi connectivity index (χ1) is 5.76. The molecule has 0 fully saturated rings. The third-order valence-corrected chi connectivity index (χ3v) is 2.12. The van der Waals surface area contributed by atoms with Gasteiger partial charge >= 0.3 is 0 Å². The predicted molar refractivity (Wildman–Crippen MR) is 51.2 cm³/mol. The highest BCUT2D eigenvalue weighted by Crippen LogP contribution is 2.07. The number of aromatic nitrogens is 2. The van der Waals surface area contributed by atoms with Gasteiger partial charge in [-0.2, -0.15) is 5.10 Å². The van der Waals surface area contributed by atoms with Gasteiger partial charge in [0.15, 0.2) is 0 Å². The molecule has 1 heterocycles. The third kappa shape index (κ3) is 2.26. The van der Waals surface area contributed by atoms with Gasteiger partial charge in [-0.15, -0.1) is 0 Å². The lowest BCUT2D eigenvalue weighted by atomic mass is 10.1. The van der Waals surface area contributed by atoms with Crippen molar-refractivity contribution in [2.45, 2.75) is 26.8 Å². The zero-order valence-corrected chi connectivity index (χ0v) is 8.04. The molecule has 0 aliphatic rings. The van der Waals surface area contributed by atoms with Gasteiger partial charge in [0.05, 0.1) is 11.9 Å². The van der Waals surface area contributed by atoms with E-state index in [2.05, 4.69) is 24.3 Å². The van der Waals surface area contributed by atoms with Crippen molar-refractivity contribution in [3.8, 4) is 0 Å². The van der Waals surface area contributed by atoms with Crippen molar-refractivity contribution in [3.05, 3.63) is 12.4 Å². The quantitative estimate of drug-likeness (QED) is 0.743. The van der Waals surface area contributed by atoms with Gasteiger partial charge in [0.2, 0.25) is 0 Å². The van der Waals surface area contributed by atoms with Gasteiger partial charge in [0, 0.05) is 19.8 Å². The Hall–Kier alpha value is -0.990. The van der Waals surface area contributed by atoms with Crippen molar-refractivity contribution in [2.75, 3.05) is 12.4 Å². The van der Waals surface area contributed by atoms with E-state index in [0.29, 0.717) is 5.92 Å². The molecule has 0 amide bonds. The normalized spacial score (nSPS) is 12.9. The second-order valence-corrected chi connectivity index (χ2v) is 3.21. The molecule has 0 aliphatic carbocycles. The Bertz CT molecular complexity index is 229. The van der Waals surface area contributed by atoms with Gasteiger partial charge in [0.25, 0.3) is 0 Å². The summed E-state index contributed by atoms with van der Waals surface area (Å²) in [6, 6.07) is 0. The summed E-state index contributed by atoms with van der Waals surface area (Å²) >= 11 is 0. The molecule has 68 valence electrons. The predicted octanol–water partition coefficient (Wildman–Crippen LogP) is 1.97. The van der Waals surface area contributed by atoms with Crippen LogP contribution >= 0.6 is 0 Å². The molecule has 3 heteroatoms. The molecule has 0 aliphatic heterocycles. The molecule has 0 radical (unpaired) electrons. The van der Waals surface area contributed by atoms with E-state index < -0.39 is 0 Å². The lowest BCUT2D eigenvalue weighted by Gasteiger charge is -2.07. The Labute approximate surface area is 73.8 Å². The number of hydrogen-bond donors (Lipinski definition) is 1. The smallest absolute Gasteiger partial charge is 0.0723 e. The summed E-state index contributed by atoms with van der Waals surface area (Å²) in [5.74, 6) is 0.703. The van der Waals surface area contributed by atoms with E-state index in [-0.39, 0.29) is 0 Å². The van der Waals surface area contributed by atoms with Crippen molar-refractivity contribution in [3.63, 3.8) is 0 Å². The first-order valence-corrected chi connectivity index (χ1v) is 4.46. The summed E-state index contributed by atoms with van der Waals surface area (Å²) in [7, 11) is 1.91. The average Bonchev–Trinajstić information content (AvgIpc) is 2.52. The molecule has 3 nitrogen and oxygen atoms in total. The van der Waals surface area contributed by atoms with Gasteiger partial charge in [-0.05, 0) is 5.92 Å². The highest BCUT2D eigenvalue weighted by atomic mass is 15.3. The minimum Gasteiger partial charge on any atom is -0.386 e. The Morgan fingerprint density at radius 2 is 2.42 bits per heavy atom. The third-order valence-electron chi connectivity index (χ3n) is 2.12. The first-order valence-electron chi connectivity index (χ1n) is 4.46. The van der Waals surface area contributed by atoms with E-state index in [1.165, 1.54) is 6.42 Å². The summed E-state index contributed by atoms with van der Waals surface area (Å²) in [6.45, 7) is 5.45. The number of hydrogen-bond acceptors (Lipinski definition) is 2. The fourth-order valence-electron chi connectivity index (χ4n) is 1.04. The zero-order valence-electron chi connectivity index (χ0n) is 8.04. The van der Waals surface area contributed by atoms with E-state index in [9.17, 15) is 0 Å². The Morgan fingerprint density at radius 3 is 2.92 bits per heavy atom. The van der Waals surface area contributed by atoms with Crippen LogP contribution in [0.3, 0.4) is 0 Å². The molecule has 0 bridgehead atoms. The Kier molecular flexibility index (Phi) is 3.14. The molecule has 1 unspecified atom stereocenters. The minimum absolute atomic E-state index is 0.703. The first kappa shape index (κ1) is 9.10. The van der Waals surface area contributed by atoms with Crippen molar-refractivity contribution in [2.24, 2.45) is 5.92 Å². The van der Waals surface area contributed by atoms with Gasteiger partial charge in [-0.3, -0.25) is 4.68 Å². The van der Waals surface area contributed by atoms with Crippen LogP contribution in [-0.2, 0) is 6.54 Å². The molecule has 0 saturated heterocycles. The van der Waals surface area contributed by atoms with Crippen LogP contribution < -0.4 is 5.32 Å². The fraction of sp³-hybridized carbons (Fsp3) is 0.667. The average molecular weight is 167 g/mol. The second-order valence-electron chi connectivity index (χ2n) is 3.21. The molecule has 0 aromatic carbocycles. The Morgan fingerprint density at radius 1 is 1.67 bits per heavy atom. The van der Waals surface area contributed by atoms with Gasteiger partial charge in [-0.1, -0.05) is 20.3 Å². The highest BCUT2D eigenvalue weighted by Gasteiger charge is 2.01. The SMILES string of the molecule is CCC(C)Cn1cc(NC)cn1. The molecular weight excluding hydrogens is 150 g/mol. The van der Waals surface area contributed by atoms with Crippen molar-refractivity contribution in [1.29, 1.82) is 0 Å². The van der Waals surface area contributed by atoms with E-state index in [4.69, 9.17) is 0 Å². The molecule has 1 aromatic heterocycles. The maximum atomic E-state index is 4.23. The standard InChI is InChI=1S/C9H17N3/c1-4-8(2)6-12-7-9(10-3)5-11-12/h5,7-8,10H,4,6H2,1-3H3. The van der Waals surface area contributed by atoms with Crippen LogP contribution in [0.25, 0.3) is 0 Å². The number of nitrogens with zero attached hydrogens (tertiary/aromatic N) is 2. The highest BCUT2D eigenvalue weighted by molar-refractivity contribution is 5.36. The lowest BCUT2D eigenvalue weighted by Crippen LogP contribution is -2.06. The van der Waals surface area contributed by atoms with Gasteiger partial charge in [0.1, 0.15) is 0 Å². The minimum atomic E-state index is 0.703. The largest absolute Gasteiger partial charge is 0.386 e. The number of nitrogens with one attached hydrogen (secondary N) is 1. The molecule has 1 N–H and O–H groups in total. The van der Waals surface area contributed by atoms with Crippen LogP contribution in [0.15, 0.2) is 12.4 Å². The van der Waals surface area contributed by atoms with Crippen LogP contribution in [0.1, 0.15) is 20.3 Å². The molecule has 1 aromatic rings. The molecule has 0 saturated carbocycles. The van der Waals surface area contributed by atoms with Gasteiger partial charge in [-0.25, -0.2) is 0 Å². The van der Waals surface area contributed by atoms with Crippen molar-refractivity contribution in [1.82, 2.24) is 9.78 Å². The number of rotatable bonds is 4. The van der Waals surface area contributed by atoms with E-state index in [1.807, 2.05) is 24.1 Å². The van der Waals surface area contributed by atoms with Crippen LogP contribution in [0, 0.1) is 5.92 Å². The summed E-state index contributed by atoms with van der Waals surface area (Å²) in [5, 5.41) is 7.28. The van der Waals surface area contributed by atoms with E-state index >= 15 is 0 Å². The van der Waals surface area contributed by atoms with Crippen LogP contribution in [-0.4, -0.2) is 16.8 Å². The summed E-state index contributed by atoms with van der Waals surface area (Å²) < 4.78 is 1.99. The van der Waals surface area contributed by atoms with Crippen LogP contribution in [0.2, 0.25) is 0 Å². The van der Waals surface area contributed by atoms with Crippen LogP contribution in [0.4, 0.5) is 5.69 Å². The summed E-state index contributed by atoms with van der Waals surface area (Å²) in [6.07, 6.45) is 5.09. The van der Waals surface area contributed by atoms with Crippen LogP contribution in [0.5, 0.6) is 0 Å². The van der Waals surface area contributed by atoms with Crippen molar-refractivity contribution >= 4 is 5.69 Å². The molecule has 0 spiro atoms. The Balaban J connectivity index is 2.52. The molecule has 12 heavy (non-hydrogen) atoms. The number of anilines is 1. The zero-order chi connectivity index (χ0) is 8.97. The summed E-state index contributed by atoms with van der Waals surface area (Å²) in [4.78, 5) is 0. The molecule has 1 atom stereocenters. The topological polar surface area (TPSA) is 29.9 Å². The second kappa shape index (κ2) is 4.14. The monoisotopic (exact) mass is 167 g/mol. The maximum absolute atomic E-state index is 4.23. The lowest BCUT2D eigenvalue weighted by molar-refractivity contribution is 0.439. The summed E-state index contributed by atoms with van der Waals surface area (Å²) in [5.41, 5.74) is 1.08. The van der Waals surface area contributed by atoms with E-state index in [0.717, 1.165) is 12.2 Å². The maximum Gasteiger partial charge on any atom is 0.0723 e.